The zero-order chi connectivity index (χ0) is 21.5. The largest absolute Gasteiger partial charge is 0.493 e. The fourth-order valence-electron chi connectivity index (χ4n) is 4.47. The minimum Gasteiger partial charge on any atom is -0.493 e. The molecule has 164 valence electrons. The van der Waals surface area contributed by atoms with Crippen LogP contribution in [-0.2, 0) is 0 Å². The zero-order valence-electron chi connectivity index (χ0n) is 17.4. The van der Waals surface area contributed by atoms with Crippen LogP contribution >= 0.6 is 39.1 Å². The quantitative estimate of drug-likeness (QED) is 0.368. The third-order valence-electron chi connectivity index (χ3n) is 6.55. The van der Waals surface area contributed by atoms with E-state index in [1.165, 1.54) is 24.0 Å². The summed E-state index contributed by atoms with van der Waals surface area (Å²) in [6.45, 7) is 5.07. The molecule has 0 N–H and O–H groups in total. The molecule has 1 aliphatic heterocycles. The van der Waals surface area contributed by atoms with E-state index in [0.29, 0.717) is 27.9 Å². The van der Waals surface area contributed by atoms with Crippen molar-refractivity contribution < 1.29 is 4.74 Å². The molecule has 5 rings (SSSR count). The Labute approximate surface area is 200 Å². The predicted molar refractivity (Wildman–Crippen MR) is 127 cm³/mol. The predicted octanol–water partition coefficient (Wildman–Crippen LogP) is 6.53. The second-order valence-corrected chi connectivity index (χ2v) is 10.3. The molecule has 0 unspecified atom stereocenters. The highest BCUT2D eigenvalue weighted by Crippen LogP contribution is 2.45. The van der Waals surface area contributed by atoms with Gasteiger partial charge in [-0.25, -0.2) is 0 Å². The van der Waals surface area contributed by atoms with Gasteiger partial charge in [-0.1, -0.05) is 23.2 Å². The molecule has 5 nitrogen and oxygen atoms in total. The second-order valence-electron chi connectivity index (χ2n) is 8.73. The molecule has 2 aliphatic rings. The van der Waals surface area contributed by atoms with E-state index < -0.39 is 0 Å². The van der Waals surface area contributed by atoms with Crippen molar-refractivity contribution in [1.29, 1.82) is 0 Å². The highest BCUT2D eigenvalue weighted by atomic mass is 79.9. The van der Waals surface area contributed by atoms with Gasteiger partial charge in [0.05, 0.1) is 6.61 Å². The van der Waals surface area contributed by atoms with Crippen molar-refractivity contribution in [3.8, 4) is 5.75 Å². The normalized spacial score (nSPS) is 19.1. The number of benzene rings is 1. The molecule has 1 aliphatic carbocycles. The van der Waals surface area contributed by atoms with Gasteiger partial charge in [-0.15, -0.1) is 10.2 Å². The topological polar surface area (TPSA) is 42.7 Å². The lowest BCUT2D eigenvalue weighted by atomic mass is 9.95. The first-order valence-corrected chi connectivity index (χ1v) is 12.4. The summed E-state index contributed by atoms with van der Waals surface area (Å²) in [5, 5.41) is 9.74. The highest BCUT2D eigenvalue weighted by Gasteiger charge is 2.29. The van der Waals surface area contributed by atoms with Crippen molar-refractivity contribution in [2.45, 2.75) is 44.6 Å². The smallest absolute Gasteiger partial charge is 0.204 e. The van der Waals surface area contributed by atoms with E-state index in [0.717, 1.165) is 48.7 Å². The second kappa shape index (κ2) is 8.89. The molecule has 0 bridgehead atoms. The minimum absolute atomic E-state index is 0.299. The molecule has 0 radical (unpaired) electrons. The number of pyridine rings is 1. The molecule has 3 heterocycles. The molecule has 2 fully saturated rings. The number of fused-ring (bicyclic) bond motifs is 1. The first kappa shape index (κ1) is 21.5. The van der Waals surface area contributed by atoms with Gasteiger partial charge in [-0.05, 0) is 97.2 Å². The molecule has 0 spiro atoms. The van der Waals surface area contributed by atoms with Crippen molar-refractivity contribution in [2.24, 2.45) is 5.92 Å². The number of piperidine rings is 1. The van der Waals surface area contributed by atoms with E-state index in [2.05, 4.69) is 44.1 Å². The molecule has 8 heteroatoms. The molecule has 0 amide bonds. The summed E-state index contributed by atoms with van der Waals surface area (Å²) in [4.78, 5) is 2.51. The number of halogens is 3. The van der Waals surface area contributed by atoms with Crippen LogP contribution in [0.4, 0.5) is 0 Å². The number of hydrogen-bond donors (Lipinski definition) is 0. The van der Waals surface area contributed by atoms with E-state index in [1.54, 1.807) is 6.07 Å². The minimum atomic E-state index is 0.299. The Morgan fingerprint density at radius 3 is 2.45 bits per heavy atom. The van der Waals surface area contributed by atoms with E-state index in [4.69, 9.17) is 27.9 Å². The lowest BCUT2D eigenvalue weighted by Crippen LogP contribution is -2.37. The first-order valence-electron chi connectivity index (χ1n) is 10.8. The van der Waals surface area contributed by atoms with Crippen molar-refractivity contribution in [3.05, 3.63) is 56.4 Å². The Hall–Kier alpha value is -1.34. The van der Waals surface area contributed by atoms with Gasteiger partial charge in [0.2, 0.25) is 4.73 Å². The Morgan fingerprint density at radius 1 is 1.06 bits per heavy atom. The van der Waals surface area contributed by atoms with Crippen LogP contribution in [-0.4, -0.2) is 39.2 Å². The fourth-order valence-corrected chi connectivity index (χ4v) is 5.38. The van der Waals surface area contributed by atoms with Gasteiger partial charge in [0.1, 0.15) is 5.75 Å². The molecule has 1 atom stereocenters. The van der Waals surface area contributed by atoms with Crippen molar-refractivity contribution in [2.75, 3.05) is 19.7 Å². The third kappa shape index (κ3) is 4.72. The Bertz CT molecular complexity index is 1070. The van der Waals surface area contributed by atoms with E-state index in [-0.39, 0.29) is 0 Å². The number of ether oxygens (including phenoxy) is 1. The molecular formula is C23H25BrCl2N4O. The summed E-state index contributed by atoms with van der Waals surface area (Å²) in [6, 6.07) is 8.16. The average molecular weight is 524 g/mol. The lowest BCUT2D eigenvalue weighted by Gasteiger charge is -2.36. The summed E-state index contributed by atoms with van der Waals surface area (Å²) in [6.07, 6.45) is 6.83. The fraction of sp³-hybridized carbons (Fsp3) is 0.478. The maximum absolute atomic E-state index is 6.36. The molecule has 1 saturated carbocycles. The van der Waals surface area contributed by atoms with Gasteiger partial charge < -0.3 is 4.74 Å². The number of aromatic nitrogens is 3. The summed E-state index contributed by atoms with van der Waals surface area (Å²) >= 11 is 15.9. The lowest BCUT2D eigenvalue weighted by molar-refractivity contribution is 0.113. The first-order chi connectivity index (χ1) is 15.0. The number of hydrogen-bond acceptors (Lipinski definition) is 4. The molecule has 1 saturated heterocycles. The van der Waals surface area contributed by atoms with Crippen LogP contribution in [0.1, 0.15) is 55.7 Å². The van der Waals surface area contributed by atoms with Crippen LogP contribution in [0.5, 0.6) is 5.75 Å². The monoisotopic (exact) mass is 522 g/mol. The van der Waals surface area contributed by atoms with Crippen LogP contribution in [0.2, 0.25) is 10.0 Å². The summed E-state index contributed by atoms with van der Waals surface area (Å²) < 4.78 is 9.08. The van der Waals surface area contributed by atoms with E-state index >= 15 is 0 Å². The number of nitrogens with zero attached hydrogens (tertiary/aromatic N) is 4. The van der Waals surface area contributed by atoms with Gasteiger partial charge in [-0.2, -0.15) is 0 Å². The van der Waals surface area contributed by atoms with Crippen LogP contribution < -0.4 is 4.74 Å². The maximum Gasteiger partial charge on any atom is 0.204 e. The van der Waals surface area contributed by atoms with E-state index in [9.17, 15) is 0 Å². The van der Waals surface area contributed by atoms with Gasteiger partial charge in [-0.3, -0.25) is 9.30 Å². The molecule has 1 aromatic carbocycles. The molecule has 31 heavy (non-hydrogen) atoms. The zero-order valence-corrected chi connectivity index (χ0v) is 20.5. The Morgan fingerprint density at radius 2 is 1.77 bits per heavy atom. The summed E-state index contributed by atoms with van der Waals surface area (Å²) in [7, 11) is 0. The van der Waals surface area contributed by atoms with Crippen LogP contribution in [0.3, 0.4) is 0 Å². The molecule has 2 aromatic heterocycles. The average Bonchev–Trinajstić information content (AvgIpc) is 3.54. The summed E-state index contributed by atoms with van der Waals surface area (Å²) in [5.74, 6) is 2.12. The Balaban J connectivity index is 1.21. The van der Waals surface area contributed by atoms with E-state index in [1.807, 2.05) is 22.6 Å². The maximum atomic E-state index is 6.36. The number of rotatable bonds is 6. The highest BCUT2D eigenvalue weighted by molar-refractivity contribution is 9.10. The van der Waals surface area contributed by atoms with Gasteiger partial charge in [0, 0.05) is 33.9 Å². The standard InChI is InChI=1S/C23H25BrCl2N4O/c1-14(17-8-18(25)10-19(26)9-17)29-6-4-15(5-7-29)13-31-21-11-22-27-28-23(24)30(22)12-20(21)16-2-3-16/h8-12,14-16H,2-7,13H2,1H3/t14-/m1/s1. The van der Waals surface area contributed by atoms with Crippen molar-refractivity contribution in [3.63, 3.8) is 0 Å². The van der Waals surface area contributed by atoms with Crippen molar-refractivity contribution >= 4 is 44.8 Å². The van der Waals surface area contributed by atoms with Crippen LogP contribution in [0.15, 0.2) is 35.2 Å². The molecule has 3 aromatic rings. The van der Waals surface area contributed by atoms with Crippen LogP contribution in [0.25, 0.3) is 5.65 Å². The van der Waals surface area contributed by atoms with Gasteiger partial charge in [0.15, 0.2) is 5.65 Å². The Kier molecular flexibility index (Phi) is 6.17. The van der Waals surface area contributed by atoms with Gasteiger partial charge >= 0.3 is 0 Å². The summed E-state index contributed by atoms with van der Waals surface area (Å²) in [5.41, 5.74) is 3.26. The van der Waals surface area contributed by atoms with Gasteiger partial charge in [0.25, 0.3) is 0 Å². The third-order valence-corrected chi connectivity index (χ3v) is 7.53. The van der Waals surface area contributed by atoms with Crippen molar-refractivity contribution in [1.82, 2.24) is 19.5 Å². The number of likely N-dealkylation sites (tertiary alicyclic amines) is 1. The SMILES string of the molecule is C[C@H](c1cc(Cl)cc(Cl)c1)N1CCC(COc2cc3nnc(Br)n3cc2C2CC2)CC1. The van der Waals surface area contributed by atoms with Crippen LogP contribution in [0, 0.1) is 5.92 Å². The molecular weight excluding hydrogens is 499 g/mol.